The van der Waals surface area contributed by atoms with Gasteiger partial charge in [0.2, 0.25) is 0 Å². The van der Waals surface area contributed by atoms with Crippen LogP contribution in [0.4, 0.5) is 0 Å². The molecule has 8 nitrogen and oxygen atoms in total. The molecular weight excluding hydrogens is 580 g/mol. The Bertz CT molecular complexity index is 1180. The molecule has 0 bridgehead atoms. The first-order valence-corrected chi connectivity index (χ1v) is 19.0. The molecule has 0 aromatic carbocycles. The molecule has 4 aliphatic carbocycles. The van der Waals surface area contributed by atoms with E-state index in [1.807, 2.05) is 19.9 Å². The van der Waals surface area contributed by atoms with Crippen molar-refractivity contribution in [3.8, 4) is 0 Å². The standard InChI is InChI=1S/C38H60N2O6/c1-4-23(2)34(42)46-36(3)20-24-9-5-6-10-28(24)33(25-11-12-32(39)40-22-25)38(36)21-27-17-26-18-29(37(15-16-41)13-7-8-14-37)35(43)44-30(26)19-31(27)45-38/h4,24-33,40-41H,5-22,39H2,1-3H3. The minimum absolute atomic E-state index is 0.00855. The van der Waals surface area contributed by atoms with E-state index in [1.54, 1.807) is 0 Å². The molecule has 0 aromatic rings. The van der Waals surface area contributed by atoms with Crippen LogP contribution in [-0.4, -0.2) is 59.8 Å². The minimum atomic E-state index is -0.742. The summed E-state index contributed by atoms with van der Waals surface area (Å²) in [6.45, 7) is 6.97. The fraction of sp³-hybridized carbons (Fsp3) is 0.895. The van der Waals surface area contributed by atoms with Gasteiger partial charge < -0.3 is 30.4 Å². The van der Waals surface area contributed by atoms with E-state index in [4.69, 9.17) is 19.9 Å². The highest BCUT2D eigenvalue weighted by Crippen LogP contribution is 2.65. The van der Waals surface area contributed by atoms with Gasteiger partial charge >= 0.3 is 11.9 Å². The third-order valence-electron chi connectivity index (χ3n) is 14.7. The molecule has 7 rings (SSSR count). The summed E-state index contributed by atoms with van der Waals surface area (Å²) in [5, 5.41) is 13.6. The zero-order chi connectivity index (χ0) is 32.3. The number of aliphatic hydroxyl groups excluding tert-OH is 1. The van der Waals surface area contributed by atoms with Crippen molar-refractivity contribution >= 4 is 11.9 Å². The monoisotopic (exact) mass is 640 g/mol. The quantitative estimate of drug-likeness (QED) is 0.247. The van der Waals surface area contributed by atoms with Crippen molar-refractivity contribution in [2.75, 3.05) is 13.2 Å². The number of esters is 2. The summed E-state index contributed by atoms with van der Waals surface area (Å²) in [6.07, 6.45) is 18.0. The largest absolute Gasteiger partial charge is 0.462 e. The Morgan fingerprint density at radius 2 is 1.78 bits per heavy atom. The lowest BCUT2D eigenvalue weighted by molar-refractivity contribution is -0.266. The summed E-state index contributed by atoms with van der Waals surface area (Å²) >= 11 is 0. The van der Waals surface area contributed by atoms with Gasteiger partial charge in [0.05, 0.1) is 18.2 Å². The van der Waals surface area contributed by atoms with Crippen LogP contribution in [0.3, 0.4) is 0 Å². The summed E-state index contributed by atoms with van der Waals surface area (Å²) in [5.41, 5.74) is 5.56. The van der Waals surface area contributed by atoms with E-state index in [2.05, 4.69) is 12.2 Å². The highest BCUT2D eigenvalue weighted by atomic mass is 16.6. The second-order valence-corrected chi connectivity index (χ2v) is 16.9. The molecule has 8 heteroatoms. The molecule has 7 aliphatic rings. The van der Waals surface area contributed by atoms with Crippen LogP contribution in [0.1, 0.15) is 124 Å². The van der Waals surface area contributed by atoms with Gasteiger partial charge in [-0.2, -0.15) is 0 Å². The number of hydrogen-bond donors (Lipinski definition) is 3. The number of fused-ring (bicyclic) bond motifs is 3. The molecule has 258 valence electrons. The molecule has 0 radical (unpaired) electrons. The Morgan fingerprint density at radius 3 is 2.50 bits per heavy atom. The highest BCUT2D eigenvalue weighted by Gasteiger charge is 2.70. The maximum absolute atomic E-state index is 13.6. The summed E-state index contributed by atoms with van der Waals surface area (Å²) in [6, 6.07) is 0. The van der Waals surface area contributed by atoms with Crippen LogP contribution in [0.2, 0.25) is 0 Å². The van der Waals surface area contributed by atoms with Crippen LogP contribution in [-0.2, 0) is 23.8 Å². The van der Waals surface area contributed by atoms with E-state index in [9.17, 15) is 14.7 Å². The van der Waals surface area contributed by atoms with E-state index in [0.29, 0.717) is 41.6 Å². The van der Waals surface area contributed by atoms with Crippen molar-refractivity contribution in [2.24, 2.45) is 52.6 Å². The molecule has 12 unspecified atom stereocenters. The van der Waals surface area contributed by atoms with E-state index in [0.717, 1.165) is 77.2 Å². The average Bonchev–Trinajstić information content (AvgIpc) is 3.66. The third kappa shape index (κ3) is 5.49. The lowest BCUT2D eigenvalue weighted by Crippen LogP contribution is -2.68. The second-order valence-electron chi connectivity index (χ2n) is 16.9. The smallest absolute Gasteiger partial charge is 0.334 e. The molecule has 0 amide bonds. The van der Waals surface area contributed by atoms with Gasteiger partial charge in [-0.15, -0.1) is 0 Å². The normalized spacial score (nSPS) is 47.1. The first-order valence-electron chi connectivity index (χ1n) is 19.0. The second kappa shape index (κ2) is 12.8. The molecule has 3 saturated heterocycles. The van der Waals surface area contributed by atoms with Crippen molar-refractivity contribution < 1.29 is 28.9 Å². The SMILES string of the molecule is CC=C(C)C(=O)OC1(C)CC2CCCCC2C(C2CCC(N)NC2)C12CC1CC3CC(C4(CCO)CCCC4)C(=O)OC3CC1O2. The van der Waals surface area contributed by atoms with Gasteiger partial charge in [-0.1, -0.05) is 38.2 Å². The van der Waals surface area contributed by atoms with Crippen molar-refractivity contribution in [2.45, 2.75) is 153 Å². The molecule has 12 atom stereocenters. The first-order chi connectivity index (χ1) is 22.1. The van der Waals surface area contributed by atoms with Crippen molar-refractivity contribution in [3.05, 3.63) is 11.6 Å². The number of carbonyl (C=O) groups is 2. The molecule has 0 aromatic heterocycles. The fourth-order valence-electron chi connectivity index (χ4n) is 12.3. The topological polar surface area (TPSA) is 120 Å². The number of ether oxygens (including phenoxy) is 3. The van der Waals surface area contributed by atoms with E-state index < -0.39 is 11.2 Å². The number of carbonyl (C=O) groups excluding carboxylic acids is 2. The Morgan fingerprint density at radius 1 is 1.00 bits per heavy atom. The van der Waals surface area contributed by atoms with Crippen LogP contribution in [0.25, 0.3) is 0 Å². The van der Waals surface area contributed by atoms with Gasteiger partial charge in [-0.05, 0) is 132 Å². The summed E-state index contributed by atoms with van der Waals surface area (Å²) in [4.78, 5) is 27.3. The molecule has 4 N–H and O–H groups in total. The number of piperidine rings is 1. The zero-order valence-electron chi connectivity index (χ0n) is 28.6. The van der Waals surface area contributed by atoms with Crippen molar-refractivity contribution in [1.29, 1.82) is 0 Å². The summed E-state index contributed by atoms with van der Waals surface area (Å²) in [7, 11) is 0. The Hall–Kier alpha value is -1.48. The van der Waals surface area contributed by atoms with Crippen LogP contribution in [0, 0.1) is 46.8 Å². The molecule has 1 spiro atoms. The lowest BCUT2D eigenvalue weighted by atomic mass is 9.49. The van der Waals surface area contributed by atoms with Crippen LogP contribution in [0.15, 0.2) is 11.6 Å². The number of nitrogens with one attached hydrogen (secondary N) is 1. The Kier molecular flexibility index (Phi) is 9.17. The molecule has 7 fully saturated rings. The molecule has 4 saturated carbocycles. The summed E-state index contributed by atoms with van der Waals surface area (Å²) in [5.74, 6) is 2.04. The lowest BCUT2D eigenvalue weighted by Gasteiger charge is -2.61. The van der Waals surface area contributed by atoms with E-state index in [1.165, 1.54) is 25.7 Å². The minimum Gasteiger partial charge on any atom is -0.462 e. The van der Waals surface area contributed by atoms with E-state index in [-0.39, 0.29) is 54.2 Å². The van der Waals surface area contributed by atoms with E-state index >= 15 is 0 Å². The van der Waals surface area contributed by atoms with Gasteiger partial charge in [0.25, 0.3) is 0 Å². The van der Waals surface area contributed by atoms with Crippen molar-refractivity contribution in [1.82, 2.24) is 5.32 Å². The third-order valence-corrected chi connectivity index (χ3v) is 14.7. The maximum atomic E-state index is 13.6. The van der Waals surface area contributed by atoms with Crippen LogP contribution < -0.4 is 11.1 Å². The summed E-state index contributed by atoms with van der Waals surface area (Å²) < 4.78 is 20.7. The van der Waals surface area contributed by atoms with Gasteiger partial charge in [0.15, 0.2) is 0 Å². The average molecular weight is 641 g/mol. The van der Waals surface area contributed by atoms with Crippen molar-refractivity contribution in [3.63, 3.8) is 0 Å². The number of allylic oxidation sites excluding steroid dienone is 1. The predicted octanol–water partition coefficient (Wildman–Crippen LogP) is 5.79. The Balaban J connectivity index is 1.22. The maximum Gasteiger partial charge on any atom is 0.334 e. The fourth-order valence-corrected chi connectivity index (χ4v) is 12.3. The van der Waals surface area contributed by atoms with Gasteiger partial charge in [-0.3, -0.25) is 4.79 Å². The zero-order valence-corrected chi connectivity index (χ0v) is 28.6. The van der Waals surface area contributed by atoms with Gasteiger partial charge in [0.1, 0.15) is 17.3 Å². The van der Waals surface area contributed by atoms with Gasteiger partial charge in [0, 0.05) is 18.6 Å². The molecule has 3 heterocycles. The molecular formula is C38H60N2O6. The van der Waals surface area contributed by atoms with Crippen LogP contribution >= 0.6 is 0 Å². The molecule has 3 aliphatic heterocycles. The number of rotatable bonds is 6. The van der Waals surface area contributed by atoms with Crippen LogP contribution in [0.5, 0.6) is 0 Å². The first kappa shape index (κ1) is 33.0. The number of nitrogens with two attached hydrogens (primary N) is 1. The highest BCUT2D eigenvalue weighted by molar-refractivity contribution is 5.88. The Labute approximate surface area is 276 Å². The van der Waals surface area contributed by atoms with Gasteiger partial charge in [-0.25, -0.2) is 4.79 Å². The molecule has 46 heavy (non-hydrogen) atoms. The number of aliphatic hydroxyl groups is 1. The predicted molar refractivity (Wildman–Crippen MR) is 175 cm³/mol. The number of hydrogen-bond acceptors (Lipinski definition) is 8.